The van der Waals surface area contributed by atoms with Crippen molar-refractivity contribution < 1.29 is 8.91 Å². The van der Waals surface area contributed by atoms with E-state index in [1.807, 2.05) is 0 Å². The summed E-state index contributed by atoms with van der Waals surface area (Å²) in [6, 6.07) is 8.61. The van der Waals surface area contributed by atoms with Crippen LogP contribution in [0.5, 0.6) is 0 Å². The molecule has 0 atom stereocenters. The van der Waals surface area contributed by atoms with Gasteiger partial charge in [-0.3, -0.25) is 4.79 Å². The van der Waals surface area contributed by atoms with Crippen molar-refractivity contribution >= 4 is 0 Å². The van der Waals surface area contributed by atoms with Crippen LogP contribution in [0.1, 0.15) is 0 Å². The first-order chi connectivity index (χ1) is 9.22. The minimum Gasteiger partial charge on any atom is -0.332 e. The second kappa shape index (κ2) is 4.45. The minimum absolute atomic E-state index is 0.149. The molecule has 0 unspecified atom stereocenters. The molecule has 0 bridgehead atoms. The second-order valence-electron chi connectivity index (χ2n) is 3.74. The highest BCUT2D eigenvalue weighted by Crippen LogP contribution is 2.20. The molecular weight excluding hydrogens is 251 g/mol. The van der Waals surface area contributed by atoms with Crippen LogP contribution >= 0.6 is 0 Å². The van der Waals surface area contributed by atoms with Crippen LogP contribution in [0.4, 0.5) is 4.39 Å². The quantitative estimate of drug-likeness (QED) is 0.755. The summed E-state index contributed by atoms with van der Waals surface area (Å²) >= 11 is 0. The van der Waals surface area contributed by atoms with Gasteiger partial charge >= 0.3 is 0 Å². The van der Waals surface area contributed by atoms with Gasteiger partial charge in [0.2, 0.25) is 5.82 Å². The van der Waals surface area contributed by atoms with Gasteiger partial charge in [-0.1, -0.05) is 17.3 Å². The molecule has 1 N–H and O–H groups in total. The summed E-state index contributed by atoms with van der Waals surface area (Å²) in [6.45, 7) is 0. The Morgan fingerprint density at radius 1 is 1.21 bits per heavy atom. The largest absolute Gasteiger partial charge is 0.332 e. The molecule has 3 rings (SSSR count). The summed E-state index contributed by atoms with van der Waals surface area (Å²) in [5.74, 6) is 0.0176. The Kier molecular flexibility index (Phi) is 2.64. The zero-order valence-electron chi connectivity index (χ0n) is 9.50. The Morgan fingerprint density at radius 2 is 2.11 bits per heavy atom. The average molecular weight is 258 g/mol. The van der Waals surface area contributed by atoms with E-state index < -0.39 is 0 Å². The highest BCUT2D eigenvalue weighted by Gasteiger charge is 2.12. The number of nitrogens with one attached hydrogen (secondary N) is 1. The summed E-state index contributed by atoms with van der Waals surface area (Å²) in [5.41, 5.74) is 0.516. The molecule has 0 spiro atoms. The highest BCUT2D eigenvalue weighted by molar-refractivity contribution is 5.57. The molecule has 7 heteroatoms. The molecule has 0 radical (unpaired) electrons. The second-order valence-corrected chi connectivity index (χ2v) is 3.74. The van der Waals surface area contributed by atoms with Gasteiger partial charge in [0.1, 0.15) is 11.5 Å². The maximum absolute atomic E-state index is 13.1. The van der Waals surface area contributed by atoms with Gasteiger partial charge in [-0.2, -0.15) is 10.1 Å². The lowest BCUT2D eigenvalue weighted by Crippen LogP contribution is -2.05. The lowest BCUT2D eigenvalue weighted by molar-refractivity contribution is 0.430. The molecule has 3 aromatic rings. The summed E-state index contributed by atoms with van der Waals surface area (Å²) < 4.78 is 18.1. The minimum atomic E-state index is -0.383. The van der Waals surface area contributed by atoms with Gasteiger partial charge in [0, 0.05) is 11.6 Å². The van der Waals surface area contributed by atoms with Crippen LogP contribution in [0.2, 0.25) is 0 Å². The maximum Gasteiger partial charge on any atom is 0.278 e. The molecular formula is C12H7FN4O2. The van der Waals surface area contributed by atoms with E-state index in [2.05, 4.69) is 20.3 Å². The summed E-state index contributed by atoms with van der Waals surface area (Å²) in [6.07, 6.45) is 0. The zero-order valence-corrected chi connectivity index (χ0v) is 9.50. The van der Waals surface area contributed by atoms with E-state index in [0.717, 1.165) is 0 Å². The summed E-state index contributed by atoms with van der Waals surface area (Å²) in [5, 5.41) is 9.77. The average Bonchev–Trinajstić information content (AvgIpc) is 2.89. The van der Waals surface area contributed by atoms with Crippen molar-refractivity contribution in [2.45, 2.75) is 0 Å². The fraction of sp³-hybridized carbons (Fsp3) is 0. The van der Waals surface area contributed by atoms with Crippen molar-refractivity contribution in [3.8, 4) is 23.0 Å². The van der Waals surface area contributed by atoms with Gasteiger partial charge < -0.3 is 4.52 Å². The lowest BCUT2D eigenvalue weighted by Gasteiger charge is -1.93. The van der Waals surface area contributed by atoms with Gasteiger partial charge in [0.15, 0.2) is 0 Å². The molecule has 0 saturated heterocycles. The number of nitrogens with zero attached hydrogens (tertiary/aromatic N) is 3. The standard InChI is InChI=1S/C12H7FN4O2/c13-8-3-1-2-7(6-8)11-14-12(19-17-11)9-4-5-10(18)16-15-9/h1-6H,(H,16,18). The number of benzene rings is 1. The first-order valence-corrected chi connectivity index (χ1v) is 5.38. The van der Waals surface area contributed by atoms with Crippen molar-refractivity contribution in [3.63, 3.8) is 0 Å². The Bertz CT molecular complexity index is 761. The van der Waals surface area contributed by atoms with E-state index in [0.29, 0.717) is 11.3 Å². The molecule has 1 aromatic carbocycles. The van der Waals surface area contributed by atoms with Crippen molar-refractivity contribution in [1.82, 2.24) is 20.3 Å². The van der Waals surface area contributed by atoms with Gasteiger partial charge in [-0.15, -0.1) is 0 Å². The molecule has 0 aliphatic carbocycles. The van der Waals surface area contributed by atoms with E-state index in [4.69, 9.17) is 4.52 Å². The molecule has 6 nitrogen and oxygen atoms in total. The van der Waals surface area contributed by atoms with Crippen LogP contribution < -0.4 is 5.56 Å². The molecule has 0 aliphatic heterocycles. The first-order valence-electron chi connectivity index (χ1n) is 5.38. The third-order valence-corrected chi connectivity index (χ3v) is 2.41. The predicted molar refractivity (Wildman–Crippen MR) is 63.5 cm³/mol. The fourth-order valence-corrected chi connectivity index (χ4v) is 1.54. The number of aromatic amines is 1. The number of hydrogen-bond donors (Lipinski definition) is 1. The third-order valence-electron chi connectivity index (χ3n) is 2.41. The lowest BCUT2D eigenvalue weighted by atomic mass is 10.2. The smallest absolute Gasteiger partial charge is 0.278 e. The molecule has 94 valence electrons. The van der Waals surface area contributed by atoms with Crippen LogP contribution in [0.15, 0.2) is 45.7 Å². The normalized spacial score (nSPS) is 10.6. The molecule has 2 heterocycles. The number of rotatable bonds is 2. The Labute approximate surface area is 105 Å². The van der Waals surface area contributed by atoms with Crippen LogP contribution in [0.25, 0.3) is 23.0 Å². The Morgan fingerprint density at radius 3 is 2.84 bits per heavy atom. The van der Waals surface area contributed by atoms with E-state index in [9.17, 15) is 9.18 Å². The van der Waals surface area contributed by atoms with Crippen LogP contribution in [0.3, 0.4) is 0 Å². The molecule has 0 aliphatic rings. The van der Waals surface area contributed by atoms with Crippen LogP contribution in [-0.2, 0) is 0 Å². The number of H-pyrrole nitrogens is 1. The SMILES string of the molecule is O=c1ccc(-c2nc(-c3cccc(F)c3)no2)n[nH]1. The van der Waals surface area contributed by atoms with Crippen molar-refractivity contribution in [1.29, 1.82) is 0 Å². The predicted octanol–water partition coefficient (Wildman–Crippen LogP) is 1.63. The Hall–Kier alpha value is -2.83. The van der Waals surface area contributed by atoms with E-state index >= 15 is 0 Å². The summed E-state index contributed by atoms with van der Waals surface area (Å²) in [7, 11) is 0. The zero-order chi connectivity index (χ0) is 13.2. The molecule has 19 heavy (non-hydrogen) atoms. The van der Waals surface area contributed by atoms with E-state index in [1.165, 1.54) is 24.3 Å². The molecule has 0 saturated carbocycles. The first kappa shape index (κ1) is 11.3. The van der Waals surface area contributed by atoms with Crippen LogP contribution in [-0.4, -0.2) is 20.3 Å². The van der Waals surface area contributed by atoms with E-state index in [-0.39, 0.29) is 23.1 Å². The van der Waals surface area contributed by atoms with Crippen molar-refractivity contribution in [3.05, 3.63) is 52.6 Å². The van der Waals surface area contributed by atoms with Crippen molar-refractivity contribution in [2.75, 3.05) is 0 Å². The van der Waals surface area contributed by atoms with Gasteiger partial charge in [-0.05, 0) is 18.2 Å². The Balaban J connectivity index is 1.99. The topological polar surface area (TPSA) is 84.7 Å². The number of hydrogen-bond acceptors (Lipinski definition) is 5. The fourth-order valence-electron chi connectivity index (χ4n) is 1.54. The summed E-state index contributed by atoms with van der Waals surface area (Å²) in [4.78, 5) is 15.0. The van der Waals surface area contributed by atoms with Gasteiger partial charge in [-0.25, -0.2) is 9.49 Å². The van der Waals surface area contributed by atoms with Gasteiger partial charge in [0.05, 0.1) is 0 Å². The van der Waals surface area contributed by atoms with Crippen molar-refractivity contribution in [2.24, 2.45) is 0 Å². The maximum atomic E-state index is 13.1. The highest BCUT2D eigenvalue weighted by atomic mass is 19.1. The number of aromatic nitrogens is 4. The molecule has 2 aromatic heterocycles. The van der Waals surface area contributed by atoms with Gasteiger partial charge in [0.25, 0.3) is 11.4 Å². The van der Waals surface area contributed by atoms with E-state index in [1.54, 1.807) is 12.1 Å². The third kappa shape index (κ3) is 2.25. The monoisotopic (exact) mass is 258 g/mol. The van der Waals surface area contributed by atoms with Crippen LogP contribution in [0, 0.1) is 5.82 Å². The number of halogens is 1. The molecule has 0 amide bonds. The molecule has 0 fully saturated rings.